The molecule has 1 fully saturated rings. The van der Waals surface area contributed by atoms with Crippen LogP contribution in [0.2, 0.25) is 0 Å². The molecule has 0 unspecified atom stereocenters. The molecule has 0 atom stereocenters. The van der Waals surface area contributed by atoms with Crippen molar-refractivity contribution >= 4 is 11.9 Å². The molecule has 0 saturated heterocycles. The third-order valence-electron chi connectivity index (χ3n) is 3.13. The molecule has 0 spiro atoms. The van der Waals surface area contributed by atoms with E-state index >= 15 is 0 Å². The van der Waals surface area contributed by atoms with E-state index in [0.29, 0.717) is 0 Å². The zero-order valence-electron chi connectivity index (χ0n) is 10.6. The molecule has 1 aliphatic carbocycles. The van der Waals surface area contributed by atoms with Gasteiger partial charge in [0.2, 0.25) is 5.91 Å². The van der Waals surface area contributed by atoms with Gasteiger partial charge in [-0.15, -0.1) is 0 Å². The van der Waals surface area contributed by atoms with Crippen LogP contribution in [0.15, 0.2) is 0 Å². The van der Waals surface area contributed by atoms with E-state index in [1.807, 2.05) is 13.8 Å². The van der Waals surface area contributed by atoms with E-state index in [1.54, 1.807) is 0 Å². The van der Waals surface area contributed by atoms with Crippen LogP contribution >= 0.6 is 0 Å². The summed E-state index contributed by atoms with van der Waals surface area (Å²) in [5.41, 5.74) is -0.512. The molecule has 0 aromatic carbocycles. The number of amides is 1. The van der Waals surface area contributed by atoms with Crippen molar-refractivity contribution in [3.63, 3.8) is 0 Å². The lowest BCUT2D eigenvalue weighted by Gasteiger charge is -2.29. The summed E-state index contributed by atoms with van der Waals surface area (Å²) in [5, 5.41) is 14.8. The normalized spacial score (nSPS) is 18.3. The van der Waals surface area contributed by atoms with Gasteiger partial charge < -0.3 is 15.7 Å². The largest absolute Gasteiger partial charge is 0.481 e. The van der Waals surface area contributed by atoms with E-state index in [9.17, 15) is 9.59 Å². The van der Waals surface area contributed by atoms with Crippen LogP contribution in [0.5, 0.6) is 0 Å². The Morgan fingerprint density at radius 1 is 1.29 bits per heavy atom. The van der Waals surface area contributed by atoms with E-state index in [2.05, 4.69) is 10.6 Å². The third kappa shape index (κ3) is 4.73. The van der Waals surface area contributed by atoms with E-state index in [0.717, 1.165) is 25.7 Å². The minimum Gasteiger partial charge on any atom is -0.481 e. The Morgan fingerprint density at radius 2 is 1.88 bits per heavy atom. The fourth-order valence-corrected chi connectivity index (χ4v) is 2.32. The van der Waals surface area contributed by atoms with Crippen molar-refractivity contribution in [2.45, 2.75) is 57.5 Å². The van der Waals surface area contributed by atoms with Crippen LogP contribution in [0, 0.1) is 0 Å². The van der Waals surface area contributed by atoms with Crippen molar-refractivity contribution in [1.82, 2.24) is 10.6 Å². The Balaban J connectivity index is 2.49. The zero-order chi connectivity index (χ0) is 12.9. The number of carboxylic acid groups (broad SMARTS) is 1. The Labute approximate surface area is 102 Å². The van der Waals surface area contributed by atoms with Crippen molar-refractivity contribution in [3.05, 3.63) is 0 Å². The van der Waals surface area contributed by atoms with Gasteiger partial charge in [0, 0.05) is 6.04 Å². The van der Waals surface area contributed by atoms with Crippen LogP contribution in [0.4, 0.5) is 0 Å². The highest BCUT2D eigenvalue weighted by Crippen LogP contribution is 2.32. The molecular weight excluding hydrogens is 220 g/mol. The summed E-state index contributed by atoms with van der Waals surface area (Å²) < 4.78 is 0. The number of rotatable bonds is 6. The van der Waals surface area contributed by atoms with Crippen LogP contribution < -0.4 is 10.6 Å². The summed E-state index contributed by atoms with van der Waals surface area (Å²) in [6.07, 6.45) is 3.55. The summed E-state index contributed by atoms with van der Waals surface area (Å²) in [7, 11) is 0. The van der Waals surface area contributed by atoms with Gasteiger partial charge in [-0.25, -0.2) is 0 Å². The first kappa shape index (κ1) is 14.0. The van der Waals surface area contributed by atoms with Crippen molar-refractivity contribution in [1.29, 1.82) is 0 Å². The number of nitrogens with one attached hydrogen (secondary N) is 2. The maximum absolute atomic E-state index is 11.7. The first-order valence-corrected chi connectivity index (χ1v) is 6.20. The highest BCUT2D eigenvalue weighted by Gasteiger charge is 2.37. The lowest BCUT2D eigenvalue weighted by molar-refractivity contribution is -0.139. The molecule has 1 amide bonds. The fraction of sp³-hybridized carbons (Fsp3) is 0.833. The van der Waals surface area contributed by atoms with Crippen LogP contribution in [-0.2, 0) is 9.59 Å². The number of aliphatic carboxylic acids is 1. The van der Waals surface area contributed by atoms with Gasteiger partial charge in [0.1, 0.15) is 0 Å². The standard InChI is InChI=1S/C12H22N2O3/c1-9(2)13-8-10(15)14-12(7-11(16)17)5-3-4-6-12/h9,13H,3-8H2,1-2H3,(H,14,15)(H,16,17). The van der Waals surface area contributed by atoms with Gasteiger partial charge in [-0.3, -0.25) is 9.59 Å². The molecule has 1 rings (SSSR count). The minimum atomic E-state index is -0.844. The fourth-order valence-electron chi connectivity index (χ4n) is 2.32. The number of carboxylic acids is 1. The number of carbonyl (C=O) groups excluding carboxylic acids is 1. The number of hydrogen-bond donors (Lipinski definition) is 3. The molecule has 98 valence electrons. The molecular formula is C12H22N2O3. The molecule has 1 saturated carbocycles. The predicted octanol–water partition coefficient (Wildman–Crippen LogP) is 0.888. The Bertz CT molecular complexity index is 283. The summed E-state index contributed by atoms with van der Waals surface area (Å²) in [4.78, 5) is 22.6. The average Bonchev–Trinajstić information content (AvgIpc) is 2.62. The molecule has 0 aromatic heterocycles. The monoisotopic (exact) mass is 242 g/mol. The smallest absolute Gasteiger partial charge is 0.305 e. The maximum Gasteiger partial charge on any atom is 0.305 e. The lowest BCUT2D eigenvalue weighted by atomic mass is 9.93. The zero-order valence-corrected chi connectivity index (χ0v) is 10.6. The molecule has 0 radical (unpaired) electrons. The van der Waals surface area contributed by atoms with Crippen LogP contribution in [0.1, 0.15) is 46.0 Å². The van der Waals surface area contributed by atoms with Crippen LogP contribution in [0.25, 0.3) is 0 Å². The average molecular weight is 242 g/mol. The van der Waals surface area contributed by atoms with Crippen molar-refractivity contribution in [2.75, 3.05) is 6.54 Å². The summed E-state index contributed by atoms with van der Waals surface area (Å²) >= 11 is 0. The predicted molar refractivity (Wildman–Crippen MR) is 64.7 cm³/mol. The quantitative estimate of drug-likeness (QED) is 0.646. The van der Waals surface area contributed by atoms with Gasteiger partial charge in [-0.1, -0.05) is 26.7 Å². The number of carbonyl (C=O) groups is 2. The molecule has 0 bridgehead atoms. The van der Waals surface area contributed by atoms with Crippen molar-refractivity contribution < 1.29 is 14.7 Å². The Hall–Kier alpha value is -1.10. The molecule has 0 aromatic rings. The molecule has 5 nitrogen and oxygen atoms in total. The molecule has 0 aliphatic heterocycles. The van der Waals surface area contributed by atoms with Gasteiger partial charge in [0.25, 0.3) is 0 Å². The van der Waals surface area contributed by atoms with Gasteiger partial charge in [-0.2, -0.15) is 0 Å². The first-order valence-electron chi connectivity index (χ1n) is 6.20. The molecule has 3 N–H and O–H groups in total. The van der Waals surface area contributed by atoms with E-state index in [4.69, 9.17) is 5.11 Å². The first-order chi connectivity index (χ1) is 7.93. The minimum absolute atomic E-state index is 0.0282. The SMILES string of the molecule is CC(C)NCC(=O)NC1(CC(=O)O)CCCC1. The third-order valence-corrected chi connectivity index (χ3v) is 3.13. The molecule has 17 heavy (non-hydrogen) atoms. The lowest BCUT2D eigenvalue weighted by Crippen LogP contribution is -2.51. The van der Waals surface area contributed by atoms with Crippen LogP contribution in [0.3, 0.4) is 0 Å². The Kier molecular flexibility index (Phi) is 4.93. The second kappa shape index (κ2) is 6.00. The molecule has 1 aliphatic rings. The van der Waals surface area contributed by atoms with Crippen molar-refractivity contribution in [2.24, 2.45) is 0 Å². The van der Waals surface area contributed by atoms with E-state index < -0.39 is 11.5 Å². The molecule has 5 heteroatoms. The topological polar surface area (TPSA) is 78.4 Å². The summed E-state index contributed by atoms with van der Waals surface area (Å²) in [6.45, 7) is 4.19. The molecule has 0 heterocycles. The van der Waals surface area contributed by atoms with E-state index in [-0.39, 0.29) is 24.9 Å². The second-order valence-corrected chi connectivity index (χ2v) is 5.14. The Morgan fingerprint density at radius 3 is 2.35 bits per heavy atom. The summed E-state index contributed by atoms with van der Waals surface area (Å²) in [5.74, 6) is -0.953. The maximum atomic E-state index is 11.7. The van der Waals surface area contributed by atoms with Crippen molar-refractivity contribution in [3.8, 4) is 0 Å². The highest BCUT2D eigenvalue weighted by molar-refractivity contribution is 5.80. The highest BCUT2D eigenvalue weighted by atomic mass is 16.4. The van der Waals surface area contributed by atoms with E-state index in [1.165, 1.54) is 0 Å². The number of hydrogen-bond acceptors (Lipinski definition) is 3. The second-order valence-electron chi connectivity index (χ2n) is 5.14. The van der Waals surface area contributed by atoms with Gasteiger partial charge in [0.15, 0.2) is 0 Å². The van der Waals surface area contributed by atoms with Crippen LogP contribution in [-0.4, -0.2) is 35.1 Å². The summed E-state index contributed by atoms with van der Waals surface area (Å²) in [6, 6.07) is 0.250. The van der Waals surface area contributed by atoms with Gasteiger partial charge >= 0.3 is 5.97 Å². The van der Waals surface area contributed by atoms with Gasteiger partial charge in [-0.05, 0) is 12.8 Å². The van der Waals surface area contributed by atoms with Gasteiger partial charge in [0.05, 0.1) is 18.5 Å².